The largest absolute Gasteiger partial charge is 0.312 e. The van der Waals surface area contributed by atoms with Crippen LogP contribution in [0.1, 0.15) is 12.8 Å². The topological polar surface area (TPSA) is 15.3 Å². The molecule has 0 aromatic rings. The summed E-state index contributed by atoms with van der Waals surface area (Å²) in [6.45, 7) is 3.83. The summed E-state index contributed by atoms with van der Waals surface area (Å²) >= 11 is 0. The molecule has 0 spiro atoms. The van der Waals surface area contributed by atoms with Crippen LogP contribution in [0.15, 0.2) is 0 Å². The van der Waals surface area contributed by atoms with Crippen LogP contribution in [-0.4, -0.2) is 37.6 Å². The summed E-state index contributed by atoms with van der Waals surface area (Å²) in [6, 6.07) is 0.795. The molecule has 1 N–H and O–H groups in total. The summed E-state index contributed by atoms with van der Waals surface area (Å²) in [5, 5.41) is 3.57. The summed E-state index contributed by atoms with van der Waals surface area (Å²) < 4.78 is 0. The third-order valence-corrected chi connectivity index (χ3v) is 2.72. The average Bonchev–Trinajstić information content (AvgIpc) is 2.17. The lowest BCUT2D eigenvalue weighted by atomic mass is 9.97. The third-order valence-electron chi connectivity index (χ3n) is 2.72. The van der Waals surface area contributed by atoms with E-state index >= 15 is 0 Å². The van der Waals surface area contributed by atoms with Gasteiger partial charge in [0, 0.05) is 19.1 Å². The van der Waals surface area contributed by atoms with Crippen LogP contribution in [0.4, 0.5) is 0 Å². The van der Waals surface area contributed by atoms with Crippen LogP contribution in [0.25, 0.3) is 0 Å². The predicted molar refractivity (Wildman–Crippen MR) is 42.0 cm³/mol. The quantitative estimate of drug-likeness (QED) is 0.520. The van der Waals surface area contributed by atoms with Crippen molar-refractivity contribution in [2.24, 2.45) is 5.92 Å². The zero-order valence-corrected chi connectivity index (χ0v) is 6.64. The van der Waals surface area contributed by atoms with Gasteiger partial charge < -0.3 is 10.2 Å². The van der Waals surface area contributed by atoms with E-state index in [4.69, 9.17) is 0 Å². The molecule has 0 aromatic heterocycles. The van der Waals surface area contributed by atoms with E-state index in [9.17, 15) is 0 Å². The van der Waals surface area contributed by atoms with Gasteiger partial charge in [-0.2, -0.15) is 0 Å². The van der Waals surface area contributed by atoms with Crippen molar-refractivity contribution in [2.45, 2.75) is 18.9 Å². The van der Waals surface area contributed by atoms with Crippen LogP contribution >= 0.6 is 0 Å². The third kappa shape index (κ3) is 1.18. The van der Waals surface area contributed by atoms with Crippen LogP contribution in [-0.2, 0) is 0 Å². The van der Waals surface area contributed by atoms with E-state index in [0.29, 0.717) is 0 Å². The van der Waals surface area contributed by atoms with E-state index in [1.807, 2.05) is 0 Å². The maximum atomic E-state index is 3.57. The Morgan fingerprint density at radius 3 is 2.90 bits per heavy atom. The van der Waals surface area contributed by atoms with Crippen LogP contribution in [0.3, 0.4) is 0 Å². The Labute approximate surface area is 62.6 Å². The van der Waals surface area contributed by atoms with E-state index < -0.39 is 0 Å². The number of rotatable bonds is 0. The first-order chi connectivity index (χ1) is 4.84. The minimum absolute atomic E-state index is 0.795. The van der Waals surface area contributed by atoms with Crippen molar-refractivity contribution in [1.82, 2.24) is 10.2 Å². The summed E-state index contributed by atoms with van der Waals surface area (Å²) in [4.78, 5) is 2.46. The molecule has 2 heteroatoms. The number of hydrogen-bond donors (Lipinski definition) is 1. The van der Waals surface area contributed by atoms with Crippen molar-refractivity contribution >= 4 is 0 Å². The molecule has 0 amide bonds. The number of hydrogen-bond acceptors (Lipinski definition) is 2. The second-order valence-corrected chi connectivity index (χ2v) is 3.77. The van der Waals surface area contributed by atoms with Gasteiger partial charge in [-0.25, -0.2) is 0 Å². The Balaban J connectivity index is 2.05. The molecule has 10 heavy (non-hydrogen) atoms. The van der Waals surface area contributed by atoms with Gasteiger partial charge in [0.1, 0.15) is 0 Å². The Hall–Kier alpha value is -0.0800. The number of fused-ring (bicyclic) bond motifs is 4. The van der Waals surface area contributed by atoms with Crippen LogP contribution in [0.5, 0.6) is 0 Å². The Morgan fingerprint density at radius 1 is 1.30 bits per heavy atom. The van der Waals surface area contributed by atoms with E-state index in [0.717, 1.165) is 12.0 Å². The molecule has 0 radical (unpaired) electrons. The monoisotopic (exact) mass is 140 g/mol. The SMILES string of the molecule is CN1C[C@H]2CC[C@@H](C1)NC2. The first-order valence-electron chi connectivity index (χ1n) is 4.26. The molecule has 3 fully saturated rings. The van der Waals surface area contributed by atoms with Crippen LogP contribution in [0.2, 0.25) is 0 Å². The number of nitrogens with zero attached hydrogens (tertiary/aromatic N) is 1. The van der Waals surface area contributed by atoms with Gasteiger partial charge >= 0.3 is 0 Å². The van der Waals surface area contributed by atoms with Crippen molar-refractivity contribution < 1.29 is 0 Å². The minimum atomic E-state index is 0.795. The second kappa shape index (κ2) is 2.51. The lowest BCUT2D eigenvalue weighted by molar-refractivity contribution is 0.320. The molecule has 2 atom stereocenters. The van der Waals surface area contributed by atoms with Crippen LogP contribution in [0, 0.1) is 5.92 Å². The average molecular weight is 140 g/mol. The first-order valence-corrected chi connectivity index (χ1v) is 4.26. The van der Waals surface area contributed by atoms with Crippen LogP contribution < -0.4 is 5.32 Å². The molecule has 3 aliphatic rings. The molecule has 0 unspecified atom stereocenters. The fourth-order valence-corrected chi connectivity index (χ4v) is 2.18. The summed E-state index contributed by atoms with van der Waals surface area (Å²) in [5.74, 6) is 0.934. The van der Waals surface area contributed by atoms with Gasteiger partial charge in [-0.05, 0) is 32.4 Å². The molecule has 0 aromatic carbocycles. The molecule has 2 nitrogen and oxygen atoms in total. The van der Waals surface area contributed by atoms with Gasteiger partial charge in [-0.15, -0.1) is 0 Å². The van der Waals surface area contributed by atoms with Gasteiger partial charge in [-0.1, -0.05) is 0 Å². The Morgan fingerprint density at radius 2 is 2.20 bits per heavy atom. The second-order valence-electron chi connectivity index (χ2n) is 3.77. The van der Waals surface area contributed by atoms with E-state index in [1.54, 1.807) is 0 Å². The van der Waals surface area contributed by atoms with Gasteiger partial charge in [0.05, 0.1) is 0 Å². The zero-order chi connectivity index (χ0) is 6.97. The maximum Gasteiger partial charge on any atom is 0.0195 e. The number of piperidine rings is 1. The van der Waals surface area contributed by atoms with Gasteiger partial charge in [0.25, 0.3) is 0 Å². The molecule has 3 heterocycles. The molecule has 3 aliphatic heterocycles. The molecule has 0 aliphatic carbocycles. The van der Waals surface area contributed by atoms with Gasteiger partial charge in [0.15, 0.2) is 0 Å². The Kier molecular flexibility index (Phi) is 1.66. The molecule has 3 saturated heterocycles. The molecular weight excluding hydrogens is 124 g/mol. The lowest BCUT2D eigenvalue weighted by Crippen LogP contribution is -2.38. The highest BCUT2D eigenvalue weighted by Crippen LogP contribution is 2.19. The minimum Gasteiger partial charge on any atom is -0.312 e. The van der Waals surface area contributed by atoms with Gasteiger partial charge in [0.2, 0.25) is 0 Å². The van der Waals surface area contributed by atoms with E-state index in [1.165, 1.54) is 32.5 Å². The number of nitrogens with one attached hydrogen (secondary N) is 1. The lowest BCUT2D eigenvalue weighted by Gasteiger charge is -2.23. The highest BCUT2D eigenvalue weighted by Gasteiger charge is 2.26. The van der Waals surface area contributed by atoms with Gasteiger partial charge in [-0.3, -0.25) is 0 Å². The highest BCUT2D eigenvalue weighted by molar-refractivity contribution is 4.85. The molecule has 58 valence electrons. The number of likely N-dealkylation sites (N-methyl/N-ethyl adjacent to an activating group) is 1. The molecule has 2 bridgehead atoms. The Bertz CT molecular complexity index is 102. The maximum absolute atomic E-state index is 3.57. The van der Waals surface area contributed by atoms with Crippen molar-refractivity contribution in [3.8, 4) is 0 Å². The summed E-state index contributed by atoms with van der Waals surface area (Å²) in [5.41, 5.74) is 0. The van der Waals surface area contributed by atoms with E-state index in [-0.39, 0.29) is 0 Å². The highest BCUT2D eigenvalue weighted by atomic mass is 15.2. The van der Waals surface area contributed by atoms with E-state index in [2.05, 4.69) is 17.3 Å². The van der Waals surface area contributed by atoms with Crippen molar-refractivity contribution in [2.75, 3.05) is 26.7 Å². The normalized spacial score (nSPS) is 41.7. The first kappa shape index (κ1) is 6.62. The smallest absolute Gasteiger partial charge is 0.0195 e. The molecule has 3 rings (SSSR count). The predicted octanol–water partition coefficient (Wildman–Crippen LogP) is 0.300. The van der Waals surface area contributed by atoms with Crippen molar-refractivity contribution in [3.05, 3.63) is 0 Å². The van der Waals surface area contributed by atoms with Crippen molar-refractivity contribution in [1.29, 1.82) is 0 Å². The fourth-order valence-electron chi connectivity index (χ4n) is 2.18. The summed E-state index contributed by atoms with van der Waals surface area (Å²) in [6.07, 6.45) is 2.84. The fraction of sp³-hybridized carbons (Fsp3) is 1.00. The standard InChI is InChI=1S/C8H16N2/c1-10-5-7-2-3-8(6-10)9-4-7/h7-9H,2-6H2,1H3/t7-,8-/m0/s1. The zero-order valence-electron chi connectivity index (χ0n) is 6.64. The summed E-state index contributed by atoms with van der Waals surface area (Å²) in [7, 11) is 2.23. The van der Waals surface area contributed by atoms with Crippen molar-refractivity contribution in [3.63, 3.8) is 0 Å². The molecule has 0 saturated carbocycles. The molecular formula is C8H16N2.